The quantitative estimate of drug-likeness (QED) is 0.486. The van der Waals surface area contributed by atoms with Gasteiger partial charge in [0, 0.05) is 44.0 Å². The average molecular weight is 480 g/mol. The predicted molar refractivity (Wildman–Crippen MR) is 127 cm³/mol. The molecule has 2 aromatic heterocycles. The maximum absolute atomic E-state index is 14.9. The molecule has 2 amide bonds. The van der Waals surface area contributed by atoms with Crippen LogP contribution in [0.5, 0.6) is 5.88 Å². The monoisotopic (exact) mass is 479 g/mol. The first kappa shape index (κ1) is 24.1. The van der Waals surface area contributed by atoms with Crippen LogP contribution in [-0.4, -0.2) is 48.3 Å². The molecular weight excluding hydrogens is 453 g/mol. The fourth-order valence-corrected chi connectivity index (χ4v) is 3.65. The Labute approximate surface area is 202 Å². The first-order valence-corrected chi connectivity index (χ1v) is 11.1. The highest BCUT2D eigenvalue weighted by atomic mass is 19.1. The van der Waals surface area contributed by atoms with E-state index in [1.807, 2.05) is 18.2 Å². The molecule has 0 bridgehead atoms. The van der Waals surface area contributed by atoms with Crippen LogP contribution in [0.3, 0.4) is 0 Å². The number of anilines is 1. The third-order valence-electron chi connectivity index (χ3n) is 5.48. The number of halogens is 1. The van der Waals surface area contributed by atoms with Crippen molar-refractivity contribution < 1.29 is 23.5 Å². The number of benzene rings is 1. The molecule has 182 valence electrons. The van der Waals surface area contributed by atoms with Crippen molar-refractivity contribution in [3.8, 4) is 17.1 Å². The van der Waals surface area contributed by atoms with E-state index < -0.39 is 18.0 Å². The van der Waals surface area contributed by atoms with Crippen LogP contribution in [0.1, 0.15) is 18.1 Å². The summed E-state index contributed by atoms with van der Waals surface area (Å²) in [4.78, 5) is 33.2. The van der Waals surface area contributed by atoms with Gasteiger partial charge in [-0.05, 0) is 35.4 Å². The molecule has 10 heteroatoms. The molecule has 4 rings (SSSR count). The summed E-state index contributed by atoms with van der Waals surface area (Å²) in [7, 11) is 1.58. The number of nitrogens with one attached hydrogen (secondary N) is 2. The molecule has 1 aromatic carbocycles. The Morgan fingerprint density at radius 3 is 2.49 bits per heavy atom. The molecule has 1 saturated heterocycles. The summed E-state index contributed by atoms with van der Waals surface area (Å²) in [6.45, 7) is 3.06. The molecule has 1 atom stereocenters. The summed E-state index contributed by atoms with van der Waals surface area (Å²) in [5.74, 6) is -0.134. The van der Waals surface area contributed by atoms with Gasteiger partial charge < -0.3 is 20.1 Å². The largest absolute Gasteiger partial charge is 0.481 e. The maximum Gasteiger partial charge on any atom is 0.414 e. The summed E-state index contributed by atoms with van der Waals surface area (Å²) in [6.07, 6.45) is 2.39. The molecule has 0 unspecified atom stereocenters. The second-order valence-electron chi connectivity index (χ2n) is 8.08. The second-order valence-corrected chi connectivity index (χ2v) is 8.08. The number of carbonyl (C=O) groups excluding carboxylic acids is 2. The Morgan fingerprint density at radius 2 is 1.89 bits per heavy atom. The number of nitrogens with zero attached hydrogens (tertiary/aromatic N) is 3. The minimum atomic E-state index is -0.576. The van der Waals surface area contributed by atoms with Gasteiger partial charge >= 0.3 is 6.09 Å². The summed E-state index contributed by atoms with van der Waals surface area (Å²) >= 11 is 0. The zero-order valence-corrected chi connectivity index (χ0v) is 19.5. The van der Waals surface area contributed by atoms with Crippen LogP contribution in [0.15, 0.2) is 54.9 Å². The molecule has 3 heterocycles. The van der Waals surface area contributed by atoms with Crippen molar-refractivity contribution in [2.75, 3.05) is 25.1 Å². The van der Waals surface area contributed by atoms with Crippen LogP contribution in [0.25, 0.3) is 11.3 Å². The van der Waals surface area contributed by atoms with Gasteiger partial charge in [0.25, 0.3) is 0 Å². The van der Waals surface area contributed by atoms with Crippen molar-refractivity contribution in [3.63, 3.8) is 0 Å². The minimum Gasteiger partial charge on any atom is -0.481 e. The van der Waals surface area contributed by atoms with E-state index in [9.17, 15) is 14.0 Å². The van der Waals surface area contributed by atoms with E-state index in [-0.39, 0.29) is 19.0 Å². The standard InChI is InChI=1S/C25H26FN5O4/c1-16(32)28-14-20-15-31(25(33)35-20)19-5-6-21(22(26)9-19)23-7-3-17(12-29-23)10-27-11-18-4-8-24(34-2)30-13-18/h3-9,12-13,20,27H,10-11,14-15H2,1-2H3,(H,28,32)/t20-/m0/s1. The molecule has 9 nitrogen and oxygen atoms in total. The van der Waals surface area contributed by atoms with E-state index in [1.165, 1.54) is 17.9 Å². The molecule has 3 aromatic rings. The Morgan fingerprint density at radius 1 is 1.14 bits per heavy atom. The number of amides is 2. The highest BCUT2D eigenvalue weighted by Crippen LogP contribution is 2.28. The summed E-state index contributed by atoms with van der Waals surface area (Å²) in [6, 6.07) is 11.9. The minimum absolute atomic E-state index is 0.209. The summed E-state index contributed by atoms with van der Waals surface area (Å²) in [5.41, 5.74) is 3.19. The van der Waals surface area contributed by atoms with E-state index in [2.05, 4.69) is 20.6 Å². The third kappa shape index (κ3) is 6.10. The smallest absolute Gasteiger partial charge is 0.414 e. The van der Waals surface area contributed by atoms with Crippen LogP contribution in [0, 0.1) is 5.82 Å². The van der Waals surface area contributed by atoms with Crippen molar-refractivity contribution in [2.45, 2.75) is 26.1 Å². The fraction of sp³-hybridized carbons (Fsp3) is 0.280. The fourth-order valence-electron chi connectivity index (χ4n) is 3.65. The SMILES string of the molecule is COc1ccc(CNCc2ccc(-c3ccc(N4C[C@H](CNC(C)=O)OC4=O)cc3F)nc2)cn1. The molecule has 1 fully saturated rings. The zero-order valence-electron chi connectivity index (χ0n) is 19.5. The van der Waals surface area contributed by atoms with Gasteiger partial charge in [-0.3, -0.25) is 14.7 Å². The second kappa shape index (κ2) is 10.9. The number of rotatable bonds is 9. The number of methoxy groups -OCH3 is 1. The first-order chi connectivity index (χ1) is 16.9. The Kier molecular flexibility index (Phi) is 7.51. The van der Waals surface area contributed by atoms with Gasteiger partial charge in [0.1, 0.15) is 11.9 Å². The molecule has 0 spiro atoms. The van der Waals surface area contributed by atoms with E-state index in [0.717, 1.165) is 11.1 Å². The van der Waals surface area contributed by atoms with Gasteiger partial charge in [0.05, 0.1) is 31.6 Å². The third-order valence-corrected chi connectivity index (χ3v) is 5.48. The van der Waals surface area contributed by atoms with Gasteiger partial charge in [-0.2, -0.15) is 0 Å². The van der Waals surface area contributed by atoms with Crippen molar-refractivity contribution in [1.82, 2.24) is 20.6 Å². The molecule has 0 aliphatic carbocycles. The van der Waals surface area contributed by atoms with Crippen molar-refractivity contribution in [3.05, 3.63) is 71.8 Å². The number of carbonyl (C=O) groups is 2. The molecule has 0 saturated carbocycles. The van der Waals surface area contributed by atoms with Gasteiger partial charge in [-0.25, -0.2) is 14.2 Å². The van der Waals surface area contributed by atoms with E-state index >= 15 is 0 Å². The molecule has 1 aliphatic rings. The maximum atomic E-state index is 14.9. The van der Waals surface area contributed by atoms with Gasteiger partial charge in [0.15, 0.2) is 0 Å². The number of pyridine rings is 2. The topological polar surface area (TPSA) is 106 Å². The Bertz CT molecular complexity index is 1190. The lowest BCUT2D eigenvalue weighted by Gasteiger charge is -2.14. The zero-order chi connectivity index (χ0) is 24.8. The van der Waals surface area contributed by atoms with Crippen LogP contribution in [-0.2, 0) is 22.6 Å². The number of aromatic nitrogens is 2. The molecule has 35 heavy (non-hydrogen) atoms. The lowest BCUT2D eigenvalue weighted by atomic mass is 10.1. The first-order valence-electron chi connectivity index (χ1n) is 11.1. The summed E-state index contributed by atoms with van der Waals surface area (Å²) in [5, 5.41) is 5.93. The van der Waals surface area contributed by atoms with Crippen molar-refractivity contribution in [2.24, 2.45) is 0 Å². The van der Waals surface area contributed by atoms with Gasteiger partial charge in [0.2, 0.25) is 11.8 Å². The van der Waals surface area contributed by atoms with Gasteiger partial charge in [-0.1, -0.05) is 12.1 Å². The number of hydrogen-bond acceptors (Lipinski definition) is 7. The van der Waals surface area contributed by atoms with Crippen molar-refractivity contribution >= 4 is 17.7 Å². The number of hydrogen-bond donors (Lipinski definition) is 2. The Hall–Kier alpha value is -4.05. The van der Waals surface area contributed by atoms with Crippen LogP contribution >= 0.6 is 0 Å². The van der Waals surface area contributed by atoms with Crippen molar-refractivity contribution in [1.29, 1.82) is 0 Å². The molecule has 1 aliphatic heterocycles. The van der Waals surface area contributed by atoms with E-state index in [0.29, 0.717) is 35.9 Å². The van der Waals surface area contributed by atoms with Crippen LogP contribution < -0.4 is 20.3 Å². The Balaban J connectivity index is 1.35. The van der Waals surface area contributed by atoms with E-state index in [1.54, 1.807) is 37.7 Å². The normalized spacial score (nSPS) is 15.1. The van der Waals surface area contributed by atoms with Crippen LogP contribution in [0.4, 0.5) is 14.9 Å². The summed E-state index contributed by atoms with van der Waals surface area (Å²) < 4.78 is 25.2. The number of cyclic esters (lactones) is 1. The average Bonchev–Trinajstić information content (AvgIpc) is 3.24. The lowest BCUT2D eigenvalue weighted by Crippen LogP contribution is -2.33. The highest BCUT2D eigenvalue weighted by Gasteiger charge is 2.32. The van der Waals surface area contributed by atoms with Crippen LogP contribution in [0.2, 0.25) is 0 Å². The molecule has 2 N–H and O–H groups in total. The number of ether oxygens (including phenoxy) is 2. The predicted octanol–water partition coefficient (Wildman–Crippen LogP) is 3.04. The molecular formula is C25H26FN5O4. The molecule has 0 radical (unpaired) electrons. The lowest BCUT2D eigenvalue weighted by molar-refractivity contribution is -0.119. The highest BCUT2D eigenvalue weighted by molar-refractivity contribution is 5.90. The van der Waals surface area contributed by atoms with E-state index in [4.69, 9.17) is 9.47 Å². The van der Waals surface area contributed by atoms with Gasteiger partial charge in [-0.15, -0.1) is 0 Å².